The molecule has 0 unspecified atom stereocenters. The van der Waals surface area contributed by atoms with Gasteiger partial charge in [-0.2, -0.15) is 0 Å². The fourth-order valence-corrected chi connectivity index (χ4v) is 12.8. The molecule has 0 N–H and O–H groups in total. The summed E-state index contributed by atoms with van der Waals surface area (Å²) < 4.78 is 6.93. The van der Waals surface area contributed by atoms with Gasteiger partial charge in [0, 0.05) is 44.2 Å². The van der Waals surface area contributed by atoms with Gasteiger partial charge >= 0.3 is 0 Å². The van der Waals surface area contributed by atoms with E-state index in [-0.39, 0.29) is 16.2 Å². The minimum absolute atomic E-state index is 0.0197. The summed E-state index contributed by atoms with van der Waals surface area (Å²) >= 11 is 0. The van der Waals surface area contributed by atoms with Crippen LogP contribution in [-0.4, -0.2) is 0 Å². The number of hydrogen-bond acceptors (Lipinski definition) is 2. The van der Waals surface area contributed by atoms with Crippen LogP contribution in [0.3, 0.4) is 0 Å². The third-order valence-corrected chi connectivity index (χ3v) is 15.9. The minimum Gasteiger partial charge on any atom is -0.456 e. The molecule has 0 saturated heterocycles. The van der Waals surface area contributed by atoms with Crippen molar-refractivity contribution in [3.05, 3.63) is 244 Å². The van der Waals surface area contributed by atoms with Gasteiger partial charge < -0.3 is 9.32 Å². The summed E-state index contributed by atoms with van der Waals surface area (Å²) in [5, 5.41) is 2.43. The van der Waals surface area contributed by atoms with Crippen LogP contribution in [-0.2, 0) is 21.7 Å². The standard InChI is InChI=1S/C65H53NO/c1-62(2,3)56-26-17-27-58-59(56)50-36-35-49-51-38-43(33-37-53(51)64(6,7)60(49)61(50)67-58)66(44-32-34-48-45-20-11-14-23-52(45)63(4,5)57(48)39-44)42-30-28-41(29-31-42)65(40-18-9-8-10-19-40)54-24-15-12-21-46(54)47-22-13-16-25-55(47)65/h8-39H,1-7H3. The molecular weight excluding hydrogens is 811 g/mol. The molecule has 0 saturated carbocycles. The maximum atomic E-state index is 6.93. The molecule has 2 nitrogen and oxygen atoms in total. The lowest BCUT2D eigenvalue weighted by Gasteiger charge is -2.34. The van der Waals surface area contributed by atoms with E-state index in [2.05, 4.69) is 247 Å². The van der Waals surface area contributed by atoms with Crippen molar-refractivity contribution < 1.29 is 4.42 Å². The highest BCUT2D eigenvalue weighted by Gasteiger charge is 2.46. The predicted octanol–water partition coefficient (Wildman–Crippen LogP) is 17.3. The number of benzene rings is 9. The summed E-state index contributed by atoms with van der Waals surface area (Å²) in [7, 11) is 0. The second-order valence-electron chi connectivity index (χ2n) is 21.2. The number of nitrogens with zero attached hydrogens (tertiary/aromatic N) is 1. The van der Waals surface area contributed by atoms with Crippen molar-refractivity contribution in [3.63, 3.8) is 0 Å². The summed E-state index contributed by atoms with van der Waals surface area (Å²) in [6, 6.07) is 73.0. The molecule has 0 aliphatic heterocycles. The SMILES string of the molecule is CC(C)(C)c1cccc2oc3c4c(ccc3c12)-c1cc(N(c2ccc(C3(c5ccccc5)c5ccccc5-c5ccccc53)cc2)c2ccc3c(c2)C(C)(C)c2ccccc2-3)ccc1C4(C)C. The summed E-state index contributed by atoms with van der Waals surface area (Å²) in [6.45, 7) is 16.4. The van der Waals surface area contributed by atoms with Gasteiger partial charge in [-0.15, -0.1) is 0 Å². The molecule has 324 valence electrons. The van der Waals surface area contributed by atoms with Crippen LogP contribution in [0.4, 0.5) is 17.1 Å². The largest absolute Gasteiger partial charge is 0.456 e. The highest BCUT2D eigenvalue weighted by Crippen LogP contribution is 2.58. The molecule has 1 aromatic heterocycles. The lowest BCUT2D eigenvalue weighted by molar-refractivity contribution is 0.594. The molecular formula is C65H53NO. The Morgan fingerprint density at radius 1 is 0.403 bits per heavy atom. The highest BCUT2D eigenvalue weighted by atomic mass is 16.3. The second kappa shape index (κ2) is 13.8. The molecule has 2 heteroatoms. The zero-order valence-corrected chi connectivity index (χ0v) is 39.3. The smallest absolute Gasteiger partial charge is 0.140 e. The highest BCUT2D eigenvalue weighted by molar-refractivity contribution is 6.11. The second-order valence-corrected chi connectivity index (χ2v) is 21.2. The van der Waals surface area contributed by atoms with Gasteiger partial charge in [0.1, 0.15) is 11.2 Å². The van der Waals surface area contributed by atoms with Gasteiger partial charge in [-0.05, 0) is 132 Å². The molecule has 0 spiro atoms. The van der Waals surface area contributed by atoms with Gasteiger partial charge in [0.15, 0.2) is 0 Å². The first-order valence-corrected chi connectivity index (χ1v) is 23.9. The molecule has 10 aromatic rings. The zero-order chi connectivity index (χ0) is 45.6. The minimum atomic E-state index is -0.473. The fourth-order valence-electron chi connectivity index (χ4n) is 12.8. The van der Waals surface area contributed by atoms with Gasteiger partial charge in [0.2, 0.25) is 0 Å². The quantitative estimate of drug-likeness (QED) is 0.171. The molecule has 9 aromatic carbocycles. The third kappa shape index (κ3) is 5.39. The molecule has 0 radical (unpaired) electrons. The lowest BCUT2D eigenvalue weighted by Crippen LogP contribution is -2.28. The van der Waals surface area contributed by atoms with Crippen LogP contribution in [0, 0.1) is 0 Å². The lowest BCUT2D eigenvalue weighted by atomic mass is 9.68. The van der Waals surface area contributed by atoms with E-state index in [1.165, 1.54) is 94.2 Å². The van der Waals surface area contributed by atoms with Crippen molar-refractivity contribution >= 4 is 39.0 Å². The van der Waals surface area contributed by atoms with Crippen molar-refractivity contribution in [1.82, 2.24) is 0 Å². The Hall–Kier alpha value is -7.42. The van der Waals surface area contributed by atoms with E-state index in [0.717, 1.165) is 28.2 Å². The van der Waals surface area contributed by atoms with E-state index in [1.807, 2.05) is 0 Å². The fraction of sp³-hybridized carbons (Fsp3) is 0.169. The average molecular weight is 864 g/mol. The maximum Gasteiger partial charge on any atom is 0.140 e. The Labute approximate surface area is 394 Å². The predicted molar refractivity (Wildman–Crippen MR) is 280 cm³/mol. The number of furan rings is 1. The number of hydrogen-bond donors (Lipinski definition) is 0. The van der Waals surface area contributed by atoms with Crippen LogP contribution in [0.15, 0.2) is 199 Å². The van der Waals surface area contributed by atoms with Gasteiger partial charge in [-0.1, -0.05) is 194 Å². The third-order valence-electron chi connectivity index (χ3n) is 15.9. The first-order chi connectivity index (χ1) is 32.4. The summed E-state index contributed by atoms with van der Waals surface area (Å²) in [4.78, 5) is 2.48. The summed E-state index contributed by atoms with van der Waals surface area (Å²) in [5.74, 6) is 0. The maximum absolute atomic E-state index is 6.93. The van der Waals surface area contributed by atoms with Gasteiger partial charge in [-0.3, -0.25) is 0 Å². The molecule has 1 heterocycles. The van der Waals surface area contributed by atoms with Crippen LogP contribution < -0.4 is 4.90 Å². The molecule has 3 aliphatic rings. The van der Waals surface area contributed by atoms with Crippen molar-refractivity contribution in [2.24, 2.45) is 0 Å². The Morgan fingerprint density at radius 2 is 0.940 bits per heavy atom. The van der Waals surface area contributed by atoms with Crippen LogP contribution in [0.5, 0.6) is 0 Å². The van der Waals surface area contributed by atoms with Crippen LogP contribution in [0.1, 0.15) is 98.5 Å². The first kappa shape index (κ1) is 39.9. The van der Waals surface area contributed by atoms with E-state index in [1.54, 1.807) is 0 Å². The Kier molecular flexibility index (Phi) is 8.23. The average Bonchev–Trinajstić information content (AvgIpc) is 4.01. The molecule has 0 amide bonds. The molecule has 67 heavy (non-hydrogen) atoms. The molecule has 13 rings (SSSR count). The van der Waals surface area contributed by atoms with Gasteiger partial charge in [0.05, 0.1) is 5.41 Å². The first-order valence-electron chi connectivity index (χ1n) is 23.9. The monoisotopic (exact) mass is 863 g/mol. The van der Waals surface area contributed by atoms with Crippen molar-refractivity contribution in [3.8, 4) is 33.4 Å². The van der Waals surface area contributed by atoms with Gasteiger partial charge in [-0.25, -0.2) is 0 Å². The normalized spacial score (nSPS) is 15.4. The van der Waals surface area contributed by atoms with E-state index < -0.39 is 5.41 Å². The van der Waals surface area contributed by atoms with Crippen molar-refractivity contribution in [1.29, 1.82) is 0 Å². The van der Waals surface area contributed by atoms with E-state index in [0.29, 0.717) is 0 Å². The number of anilines is 3. The molecule has 0 bridgehead atoms. The molecule has 0 fully saturated rings. The van der Waals surface area contributed by atoms with Crippen molar-refractivity contribution in [2.45, 2.75) is 70.1 Å². The van der Waals surface area contributed by atoms with Crippen LogP contribution in [0.2, 0.25) is 0 Å². The Morgan fingerprint density at radius 3 is 1.63 bits per heavy atom. The molecule has 0 atom stereocenters. The summed E-state index contributed by atoms with van der Waals surface area (Å²) in [5.41, 5.74) is 24.0. The zero-order valence-electron chi connectivity index (χ0n) is 39.3. The van der Waals surface area contributed by atoms with E-state index >= 15 is 0 Å². The van der Waals surface area contributed by atoms with E-state index in [9.17, 15) is 0 Å². The van der Waals surface area contributed by atoms with Crippen LogP contribution >= 0.6 is 0 Å². The summed E-state index contributed by atoms with van der Waals surface area (Å²) in [6.07, 6.45) is 0. The molecule has 3 aliphatic carbocycles. The van der Waals surface area contributed by atoms with E-state index in [4.69, 9.17) is 4.42 Å². The number of fused-ring (bicyclic) bond motifs is 13. The number of rotatable bonds is 5. The van der Waals surface area contributed by atoms with Gasteiger partial charge in [0.25, 0.3) is 0 Å². The van der Waals surface area contributed by atoms with Crippen molar-refractivity contribution in [2.75, 3.05) is 4.90 Å². The topological polar surface area (TPSA) is 16.4 Å². The van der Waals surface area contributed by atoms with Crippen LogP contribution in [0.25, 0.3) is 55.3 Å². The Bertz CT molecular complexity index is 3620. The Balaban J connectivity index is 1.01.